The second-order valence-electron chi connectivity index (χ2n) is 5.77. The van der Waals surface area contributed by atoms with Crippen molar-refractivity contribution in [1.29, 1.82) is 5.26 Å². The molecule has 116 valence electrons. The van der Waals surface area contributed by atoms with E-state index in [1.54, 1.807) is 6.07 Å². The van der Waals surface area contributed by atoms with Gasteiger partial charge in [0, 0.05) is 17.9 Å². The Hall–Kier alpha value is -3.39. The lowest BCUT2D eigenvalue weighted by atomic mass is 9.84. The van der Waals surface area contributed by atoms with E-state index >= 15 is 0 Å². The predicted molar refractivity (Wildman–Crippen MR) is 90.3 cm³/mol. The Morgan fingerprint density at radius 1 is 1.12 bits per heavy atom. The topological polar surface area (TPSA) is 81.6 Å². The van der Waals surface area contributed by atoms with E-state index in [1.165, 1.54) is 0 Å². The van der Waals surface area contributed by atoms with Gasteiger partial charge in [-0.3, -0.25) is 9.89 Å². The predicted octanol–water partition coefficient (Wildman–Crippen LogP) is 3.42. The number of carbonyl (C=O) groups is 1. The summed E-state index contributed by atoms with van der Waals surface area (Å²) in [6, 6.07) is 19.5. The van der Waals surface area contributed by atoms with E-state index in [9.17, 15) is 4.79 Å². The van der Waals surface area contributed by atoms with Crippen LogP contribution < -0.4 is 5.32 Å². The zero-order chi connectivity index (χ0) is 16.5. The number of nitrogens with one attached hydrogen (secondary N) is 2. The number of nitrogens with zero attached hydrogens (tertiary/aromatic N) is 2. The fraction of sp³-hybridized carbons (Fsp3) is 0.105. The van der Waals surface area contributed by atoms with Crippen LogP contribution in [0.2, 0.25) is 0 Å². The molecule has 0 spiro atoms. The first kappa shape index (κ1) is 14.2. The van der Waals surface area contributed by atoms with Gasteiger partial charge in [0.05, 0.1) is 17.3 Å². The third kappa shape index (κ3) is 2.34. The van der Waals surface area contributed by atoms with E-state index in [-0.39, 0.29) is 11.8 Å². The van der Waals surface area contributed by atoms with Gasteiger partial charge in [-0.2, -0.15) is 10.4 Å². The summed E-state index contributed by atoms with van der Waals surface area (Å²) in [5.74, 6) is 0.370. The first-order valence-electron chi connectivity index (χ1n) is 7.70. The highest BCUT2D eigenvalue weighted by atomic mass is 16.1. The van der Waals surface area contributed by atoms with Crippen molar-refractivity contribution < 1.29 is 4.79 Å². The summed E-state index contributed by atoms with van der Waals surface area (Å²) in [5.41, 5.74) is 4.42. The van der Waals surface area contributed by atoms with Crippen LogP contribution in [0.3, 0.4) is 0 Å². The van der Waals surface area contributed by atoms with Crippen molar-refractivity contribution in [2.24, 2.45) is 0 Å². The summed E-state index contributed by atoms with van der Waals surface area (Å²) in [6.07, 6.45) is 0.335. The van der Waals surface area contributed by atoms with E-state index in [4.69, 9.17) is 5.26 Å². The molecule has 0 bridgehead atoms. The molecule has 1 amide bonds. The molecular weight excluding hydrogens is 300 g/mol. The van der Waals surface area contributed by atoms with Crippen LogP contribution in [-0.2, 0) is 4.79 Å². The summed E-state index contributed by atoms with van der Waals surface area (Å²) in [6.45, 7) is 0. The molecule has 0 saturated heterocycles. The zero-order valence-electron chi connectivity index (χ0n) is 12.8. The van der Waals surface area contributed by atoms with Crippen LogP contribution in [0.1, 0.15) is 29.0 Å². The number of hydrogen-bond donors (Lipinski definition) is 2. The standard InChI is InChI=1S/C19H14N4O/c20-11-12-5-4-8-14(9-12)15-10-16(24)21-19-17(15)18(22-23-19)13-6-2-1-3-7-13/h1-9,15H,10H2,(H2,21,22,23,24). The molecule has 1 aromatic heterocycles. The summed E-state index contributed by atoms with van der Waals surface area (Å²) in [7, 11) is 0. The van der Waals surface area contributed by atoms with Crippen molar-refractivity contribution in [1.82, 2.24) is 10.2 Å². The Morgan fingerprint density at radius 2 is 1.96 bits per heavy atom. The van der Waals surface area contributed by atoms with Crippen molar-refractivity contribution in [2.45, 2.75) is 12.3 Å². The number of fused-ring (bicyclic) bond motifs is 1. The molecule has 1 atom stereocenters. The Bertz CT molecular complexity index is 953. The molecule has 1 unspecified atom stereocenters. The fourth-order valence-corrected chi connectivity index (χ4v) is 3.19. The van der Waals surface area contributed by atoms with Crippen molar-refractivity contribution in [3.05, 3.63) is 71.3 Å². The molecule has 2 N–H and O–H groups in total. The van der Waals surface area contributed by atoms with Crippen molar-refractivity contribution >= 4 is 11.7 Å². The monoisotopic (exact) mass is 314 g/mol. The molecule has 3 aromatic rings. The molecule has 24 heavy (non-hydrogen) atoms. The van der Waals surface area contributed by atoms with Crippen LogP contribution in [-0.4, -0.2) is 16.1 Å². The molecule has 2 heterocycles. The van der Waals surface area contributed by atoms with E-state index in [1.807, 2.05) is 48.5 Å². The summed E-state index contributed by atoms with van der Waals surface area (Å²) < 4.78 is 0. The Morgan fingerprint density at radius 3 is 2.75 bits per heavy atom. The number of hydrogen-bond acceptors (Lipinski definition) is 3. The molecule has 1 aliphatic rings. The molecule has 1 aliphatic heterocycles. The number of anilines is 1. The minimum atomic E-state index is -0.129. The maximum Gasteiger partial charge on any atom is 0.226 e. The van der Waals surface area contributed by atoms with Crippen LogP contribution in [0.15, 0.2) is 54.6 Å². The number of carbonyl (C=O) groups excluding carboxylic acids is 1. The average molecular weight is 314 g/mol. The quantitative estimate of drug-likeness (QED) is 0.760. The van der Waals surface area contributed by atoms with Crippen LogP contribution in [0.5, 0.6) is 0 Å². The fourth-order valence-electron chi connectivity index (χ4n) is 3.19. The highest BCUT2D eigenvalue weighted by molar-refractivity contribution is 5.96. The average Bonchev–Trinajstić information content (AvgIpc) is 3.05. The lowest BCUT2D eigenvalue weighted by molar-refractivity contribution is -0.116. The number of aromatic amines is 1. The Balaban J connectivity index is 1.88. The molecule has 5 nitrogen and oxygen atoms in total. The summed E-state index contributed by atoms with van der Waals surface area (Å²) >= 11 is 0. The second kappa shape index (κ2) is 5.67. The normalized spacial score (nSPS) is 16.1. The number of rotatable bonds is 2. The number of amides is 1. The van der Waals surface area contributed by atoms with Gasteiger partial charge in [0.2, 0.25) is 5.91 Å². The molecule has 4 rings (SSSR count). The largest absolute Gasteiger partial charge is 0.309 e. The smallest absolute Gasteiger partial charge is 0.226 e. The molecule has 5 heteroatoms. The SMILES string of the molecule is N#Cc1cccc(C2CC(=O)Nc3n[nH]c(-c4ccccc4)c32)c1. The third-order valence-electron chi connectivity index (χ3n) is 4.28. The van der Waals surface area contributed by atoms with Gasteiger partial charge in [0.1, 0.15) is 0 Å². The second-order valence-corrected chi connectivity index (χ2v) is 5.77. The van der Waals surface area contributed by atoms with Gasteiger partial charge < -0.3 is 5.32 Å². The Kier molecular flexibility index (Phi) is 3.36. The van der Waals surface area contributed by atoms with Crippen LogP contribution in [0.4, 0.5) is 5.82 Å². The first-order valence-corrected chi connectivity index (χ1v) is 7.70. The van der Waals surface area contributed by atoms with Gasteiger partial charge in [-0.1, -0.05) is 42.5 Å². The van der Waals surface area contributed by atoms with Gasteiger partial charge in [-0.15, -0.1) is 0 Å². The van der Waals surface area contributed by atoms with E-state index in [2.05, 4.69) is 21.6 Å². The maximum absolute atomic E-state index is 12.1. The minimum Gasteiger partial charge on any atom is -0.309 e. The lowest BCUT2D eigenvalue weighted by Crippen LogP contribution is -2.23. The van der Waals surface area contributed by atoms with E-state index in [0.29, 0.717) is 17.8 Å². The Labute approximate surface area is 139 Å². The number of nitriles is 1. The number of aromatic nitrogens is 2. The number of benzene rings is 2. The molecular formula is C19H14N4O. The van der Waals surface area contributed by atoms with Crippen molar-refractivity contribution in [2.75, 3.05) is 5.32 Å². The van der Waals surface area contributed by atoms with Gasteiger partial charge in [-0.05, 0) is 23.3 Å². The lowest BCUT2D eigenvalue weighted by Gasteiger charge is -2.23. The van der Waals surface area contributed by atoms with E-state index < -0.39 is 0 Å². The van der Waals surface area contributed by atoms with Gasteiger partial charge >= 0.3 is 0 Å². The highest BCUT2D eigenvalue weighted by Crippen LogP contribution is 2.41. The molecule has 2 aromatic carbocycles. The number of H-pyrrole nitrogens is 1. The molecule has 0 fully saturated rings. The van der Waals surface area contributed by atoms with Crippen LogP contribution in [0, 0.1) is 11.3 Å². The first-order chi connectivity index (χ1) is 11.8. The van der Waals surface area contributed by atoms with Crippen LogP contribution in [0.25, 0.3) is 11.3 Å². The molecule has 0 saturated carbocycles. The summed E-state index contributed by atoms with van der Waals surface area (Å²) in [4.78, 5) is 12.1. The minimum absolute atomic E-state index is 0.0685. The van der Waals surface area contributed by atoms with Crippen LogP contribution >= 0.6 is 0 Å². The summed E-state index contributed by atoms with van der Waals surface area (Å²) in [5, 5.41) is 19.3. The third-order valence-corrected chi connectivity index (χ3v) is 4.28. The van der Waals surface area contributed by atoms with Crippen molar-refractivity contribution in [3.63, 3.8) is 0 Å². The van der Waals surface area contributed by atoms with Gasteiger partial charge in [-0.25, -0.2) is 0 Å². The maximum atomic E-state index is 12.1. The van der Waals surface area contributed by atoms with Gasteiger partial charge in [0.15, 0.2) is 5.82 Å². The molecule has 0 aliphatic carbocycles. The van der Waals surface area contributed by atoms with Gasteiger partial charge in [0.25, 0.3) is 0 Å². The highest BCUT2D eigenvalue weighted by Gasteiger charge is 2.32. The van der Waals surface area contributed by atoms with Crippen molar-refractivity contribution in [3.8, 4) is 17.3 Å². The zero-order valence-corrected chi connectivity index (χ0v) is 12.8. The molecule has 0 radical (unpaired) electrons. The van der Waals surface area contributed by atoms with E-state index in [0.717, 1.165) is 22.4 Å².